The van der Waals surface area contributed by atoms with E-state index < -0.39 is 4.92 Å². The van der Waals surface area contributed by atoms with Gasteiger partial charge in [0.1, 0.15) is 6.07 Å². The number of rotatable bonds is 2. The fourth-order valence-electron chi connectivity index (χ4n) is 0.843. The average Bonchev–Trinajstić information content (AvgIpc) is 2.08. The summed E-state index contributed by atoms with van der Waals surface area (Å²) in [6.07, 6.45) is 1.01. The van der Waals surface area contributed by atoms with Crippen LogP contribution in [0.25, 0.3) is 0 Å². The van der Waals surface area contributed by atoms with Crippen molar-refractivity contribution in [3.8, 4) is 0 Å². The quantitative estimate of drug-likeness (QED) is 0.255. The highest BCUT2D eigenvalue weighted by atomic mass is 35.5. The molecule has 0 radical (unpaired) electrons. The zero-order valence-electron chi connectivity index (χ0n) is 6.65. The van der Waals surface area contributed by atoms with E-state index in [-0.39, 0.29) is 16.5 Å². The lowest BCUT2D eigenvalue weighted by Crippen LogP contribution is -2.27. The van der Waals surface area contributed by atoms with E-state index in [1.807, 2.05) is 0 Å². The molecule has 13 heavy (non-hydrogen) atoms. The lowest BCUT2D eigenvalue weighted by molar-refractivity contribution is -0.602. The average molecular weight is 204 g/mol. The van der Waals surface area contributed by atoms with Gasteiger partial charge in [-0.3, -0.25) is 10.1 Å². The van der Waals surface area contributed by atoms with Gasteiger partial charge in [0.2, 0.25) is 6.20 Å². The van der Waals surface area contributed by atoms with E-state index >= 15 is 0 Å². The van der Waals surface area contributed by atoms with E-state index in [4.69, 9.17) is 11.6 Å². The Kier molecular flexibility index (Phi) is 2.52. The first kappa shape index (κ1) is 9.53. The molecule has 0 bridgehead atoms. The van der Waals surface area contributed by atoms with Gasteiger partial charge < -0.3 is 10.5 Å². The van der Waals surface area contributed by atoms with Crippen molar-refractivity contribution < 1.29 is 9.65 Å². The minimum atomic E-state index is -0.613. The first-order valence-corrected chi connectivity index (χ1v) is 3.69. The molecule has 7 heteroatoms. The molecule has 1 aromatic heterocycles. The Morgan fingerprint density at radius 1 is 1.69 bits per heavy atom. The Morgan fingerprint density at radius 2 is 2.31 bits per heavy atom. The van der Waals surface area contributed by atoms with Gasteiger partial charge in [-0.1, -0.05) is 0 Å². The van der Waals surface area contributed by atoms with Gasteiger partial charge >= 0.3 is 5.69 Å². The van der Waals surface area contributed by atoms with Gasteiger partial charge in [-0.25, -0.2) is 0 Å². The molecule has 0 amide bonds. The number of aromatic nitrogens is 1. The van der Waals surface area contributed by atoms with Gasteiger partial charge in [-0.2, -0.15) is 4.73 Å². The second kappa shape index (κ2) is 3.44. The molecule has 0 unspecified atom stereocenters. The number of hydrogen-bond acceptors (Lipinski definition) is 4. The maximum Gasteiger partial charge on any atom is 0.306 e. The molecule has 6 nitrogen and oxygen atoms in total. The number of pyridine rings is 1. The third-order valence-electron chi connectivity index (χ3n) is 1.45. The Bertz CT molecular complexity index is 355. The molecule has 0 spiro atoms. The summed E-state index contributed by atoms with van der Waals surface area (Å²) in [7, 11) is 1.48. The molecular weight excluding hydrogens is 198 g/mol. The molecule has 1 heterocycles. The monoisotopic (exact) mass is 203 g/mol. The summed E-state index contributed by atoms with van der Waals surface area (Å²) in [5.41, 5.74) is -0.0935. The first-order chi connectivity index (χ1) is 6.06. The van der Waals surface area contributed by atoms with E-state index in [0.29, 0.717) is 4.73 Å². The van der Waals surface area contributed by atoms with Crippen molar-refractivity contribution >= 4 is 23.0 Å². The maximum atomic E-state index is 10.9. The number of hydrogen-bond donors (Lipinski definition) is 1. The maximum absolute atomic E-state index is 10.9. The van der Waals surface area contributed by atoms with Crippen LogP contribution in [0.2, 0.25) is 5.15 Å². The summed E-state index contributed by atoms with van der Waals surface area (Å²) in [6.45, 7) is 0. The molecule has 0 aromatic carbocycles. The highest BCUT2D eigenvalue weighted by Gasteiger charge is 2.19. The third kappa shape index (κ3) is 1.78. The predicted octanol–water partition coefficient (Wildman–Crippen LogP) is 0.923. The summed E-state index contributed by atoms with van der Waals surface area (Å²) in [4.78, 5) is 9.83. The molecule has 0 aliphatic carbocycles. The van der Waals surface area contributed by atoms with E-state index in [0.717, 1.165) is 12.3 Å². The van der Waals surface area contributed by atoms with Crippen molar-refractivity contribution in [3.63, 3.8) is 0 Å². The molecule has 0 saturated heterocycles. The molecule has 1 N–H and O–H groups in total. The van der Waals surface area contributed by atoms with Crippen molar-refractivity contribution in [2.75, 3.05) is 12.4 Å². The van der Waals surface area contributed by atoms with Gasteiger partial charge in [0.05, 0.1) is 4.92 Å². The van der Waals surface area contributed by atoms with E-state index in [1.165, 1.54) is 7.05 Å². The summed E-state index contributed by atoms with van der Waals surface area (Å²) in [5.74, 6) is 0. The fourth-order valence-corrected chi connectivity index (χ4v) is 0.995. The van der Waals surface area contributed by atoms with E-state index in [1.54, 1.807) is 0 Å². The fraction of sp³-hybridized carbons (Fsp3) is 0.167. The van der Waals surface area contributed by atoms with Crippen molar-refractivity contribution in [1.82, 2.24) is 0 Å². The Hall–Kier alpha value is -1.56. The molecule has 0 saturated carbocycles. The van der Waals surface area contributed by atoms with Gasteiger partial charge in [0.15, 0.2) is 5.69 Å². The van der Waals surface area contributed by atoms with Crippen LogP contribution in [-0.2, 0) is 0 Å². The summed E-state index contributed by atoms with van der Waals surface area (Å²) >= 11 is 5.41. The van der Waals surface area contributed by atoms with Crippen LogP contribution in [0.15, 0.2) is 12.3 Å². The van der Waals surface area contributed by atoms with Crippen molar-refractivity contribution in [1.29, 1.82) is 0 Å². The van der Waals surface area contributed by atoms with Crippen molar-refractivity contribution in [2.24, 2.45) is 0 Å². The lowest BCUT2D eigenvalue weighted by atomic mass is 10.3. The smallest absolute Gasteiger partial charge is 0.306 e. The first-order valence-electron chi connectivity index (χ1n) is 3.31. The second-order valence-electron chi connectivity index (χ2n) is 2.23. The largest absolute Gasteiger partial charge is 0.618 e. The zero-order chi connectivity index (χ0) is 10.0. The lowest BCUT2D eigenvalue weighted by Gasteiger charge is -2.02. The minimum Gasteiger partial charge on any atom is -0.618 e. The molecule has 0 fully saturated rings. The SMILES string of the molecule is CNc1c[n+]([O-])c(Cl)cc1[N+](=O)[O-]. The number of halogens is 1. The summed E-state index contributed by atoms with van der Waals surface area (Å²) in [5, 5.41) is 23.6. The Morgan fingerprint density at radius 3 is 2.77 bits per heavy atom. The van der Waals surface area contributed by atoms with E-state index in [2.05, 4.69) is 5.32 Å². The van der Waals surface area contributed by atoms with Crippen LogP contribution in [0.4, 0.5) is 11.4 Å². The Balaban J connectivity index is 3.33. The molecular formula is C6H6ClN3O3. The van der Waals surface area contributed by atoms with Crippen LogP contribution in [0, 0.1) is 15.3 Å². The highest BCUT2D eigenvalue weighted by molar-refractivity contribution is 6.28. The number of anilines is 1. The normalized spacial score (nSPS) is 9.69. The predicted molar refractivity (Wildman–Crippen MR) is 46.6 cm³/mol. The summed E-state index contributed by atoms with van der Waals surface area (Å²) in [6, 6.07) is 1.00. The Labute approximate surface area is 78.5 Å². The zero-order valence-corrected chi connectivity index (χ0v) is 7.41. The summed E-state index contributed by atoms with van der Waals surface area (Å²) < 4.78 is 0.348. The van der Waals surface area contributed by atoms with Crippen LogP contribution < -0.4 is 10.0 Å². The van der Waals surface area contributed by atoms with Gasteiger partial charge in [0.25, 0.3) is 5.15 Å². The van der Waals surface area contributed by atoms with E-state index in [9.17, 15) is 15.3 Å². The van der Waals surface area contributed by atoms with Gasteiger partial charge in [-0.15, -0.1) is 0 Å². The van der Waals surface area contributed by atoms with Crippen molar-refractivity contribution in [3.05, 3.63) is 32.7 Å². The van der Waals surface area contributed by atoms with Crippen LogP contribution in [0.1, 0.15) is 0 Å². The molecule has 1 rings (SSSR count). The van der Waals surface area contributed by atoms with Crippen molar-refractivity contribution in [2.45, 2.75) is 0 Å². The van der Waals surface area contributed by atoms with Crippen LogP contribution in [0.3, 0.4) is 0 Å². The second-order valence-corrected chi connectivity index (χ2v) is 2.62. The topological polar surface area (TPSA) is 82.1 Å². The molecule has 70 valence electrons. The number of nitro groups is 1. The minimum absolute atomic E-state index is 0.129. The third-order valence-corrected chi connectivity index (χ3v) is 1.73. The standard InChI is InChI=1S/C6H6ClN3O3/c1-8-4-3-9(11)6(7)2-5(4)10(12)13/h2-3,8H,1H3. The van der Waals surface area contributed by atoms with Crippen LogP contribution in [0.5, 0.6) is 0 Å². The van der Waals surface area contributed by atoms with Crippen LogP contribution >= 0.6 is 11.6 Å². The van der Waals surface area contributed by atoms with Gasteiger partial charge in [0, 0.05) is 7.05 Å². The molecule has 0 aliphatic rings. The highest BCUT2D eigenvalue weighted by Crippen LogP contribution is 2.23. The molecule has 0 atom stereocenters. The molecule has 1 aromatic rings. The number of nitrogens with zero attached hydrogens (tertiary/aromatic N) is 2. The van der Waals surface area contributed by atoms with Gasteiger partial charge in [-0.05, 0) is 11.6 Å². The molecule has 0 aliphatic heterocycles. The number of nitrogens with one attached hydrogen (secondary N) is 1. The van der Waals surface area contributed by atoms with Crippen LogP contribution in [-0.4, -0.2) is 12.0 Å².